The fraction of sp³-hybridized carbons (Fsp3) is 0.250. The Morgan fingerprint density at radius 2 is 1.67 bits per heavy atom. The van der Waals surface area contributed by atoms with Crippen molar-refractivity contribution < 1.29 is 13.9 Å². The maximum Gasteiger partial charge on any atom is 0.178 e. The zero-order chi connectivity index (χ0) is 8.32. The summed E-state index contributed by atoms with van der Waals surface area (Å²) in [6.45, 7) is 1.64. The highest BCUT2D eigenvalue weighted by atomic mass is 32.2. The van der Waals surface area contributed by atoms with Gasteiger partial charge >= 0.3 is 0 Å². The van der Waals surface area contributed by atoms with Gasteiger partial charge in [-0.3, -0.25) is 0 Å². The van der Waals surface area contributed by atoms with Crippen LogP contribution in [0.5, 0.6) is 0 Å². The van der Waals surface area contributed by atoms with E-state index < -0.39 is 9.84 Å². The third kappa shape index (κ3) is 2.32. The van der Waals surface area contributed by atoms with Crippen molar-refractivity contribution >= 4 is 9.84 Å². The molecule has 0 bridgehead atoms. The van der Waals surface area contributed by atoms with E-state index in [0.29, 0.717) is 4.90 Å². The fourth-order valence-corrected chi connectivity index (χ4v) is 1.70. The SMILES string of the molecule is CCS(=O)(=O)c1ccccc1.O. The molecule has 0 fully saturated rings. The smallest absolute Gasteiger partial charge is 0.178 e. The number of sulfone groups is 1. The summed E-state index contributed by atoms with van der Waals surface area (Å²) in [6.07, 6.45) is 0. The largest absolute Gasteiger partial charge is 0.412 e. The van der Waals surface area contributed by atoms with Crippen LogP contribution in [0.25, 0.3) is 0 Å². The zero-order valence-corrected chi connectivity index (χ0v) is 7.64. The first-order chi connectivity index (χ1) is 5.17. The van der Waals surface area contributed by atoms with Gasteiger partial charge in [-0.25, -0.2) is 8.42 Å². The Labute approximate surface area is 72.3 Å². The van der Waals surface area contributed by atoms with E-state index in [1.807, 2.05) is 0 Å². The maximum atomic E-state index is 11.2. The van der Waals surface area contributed by atoms with Crippen molar-refractivity contribution in [2.45, 2.75) is 11.8 Å². The van der Waals surface area contributed by atoms with Crippen LogP contribution in [0.3, 0.4) is 0 Å². The second-order valence-electron chi connectivity index (χ2n) is 2.22. The van der Waals surface area contributed by atoms with Crippen LogP contribution in [0.4, 0.5) is 0 Å². The summed E-state index contributed by atoms with van der Waals surface area (Å²) in [5, 5.41) is 0. The van der Waals surface area contributed by atoms with Crippen LogP contribution in [0.2, 0.25) is 0 Å². The lowest BCUT2D eigenvalue weighted by Crippen LogP contribution is -2.02. The summed E-state index contributed by atoms with van der Waals surface area (Å²) in [7, 11) is -3.00. The molecule has 0 saturated heterocycles. The van der Waals surface area contributed by atoms with Crippen LogP contribution in [-0.4, -0.2) is 19.6 Å². The Kier molecular flexibility index (Phi) is 3.92. The molecule has 0 atom stereocenters. The highest BCUT2D eigenvalue weighted by molar-refractivity contribution is 7.91. The van der Waals surface area contributed by atoms with Gasteiger partial charge in [0, 0.05) is 0 Å². The molecular formula is C8H12O3S. The fourth-order valence-electron chi connectivity index (χ4n) is 0.794. The predicted molar refractivity (Wildman–Crippen MR) is 47.8 cm³/mol. The van der Waals surface area contributed by atoms with Crippen LogP contribution < -0.4 is 0 Å². The Morgan fingerprint density at radius 3 is 2.08 bits per heavy atom. The van der Waals surface area contributed by atoms with Crippen molar-refractivity contribution in [1.82, 2.24) is 0 Å². The van der Waals surface area contributed by atoms with Crippen molar-refractivity contribution in [3.8, 4) is 0 Å². The van der Waals surface area contributed by atoms with Gasteiger partial charge in [-0.15, -0.1) is 0 Å². The van der Waals surface area contributed by atoms with Gasteiger partial charge in [-0.1, -0.05) is 25.1 Å². The molecule has 0 aliphatic carbocycles. The monoisotopic (exact) mass is 188 g/mol. The van der Waals surface area contributed by atoms with Gasteiger partial charge in [0.15, 0.2) is 9.84 Å². The zero-order valence-electron chi connectivity index (χ0n) is 6.82. The Morgan fingerprint density at radius 1 is 1.17 bits per heavy atom. The quantitative estimate of drug-likeness (QED) is 0.684. The van der Waals surface area contributed by atoms with Crippen molar-refractivity contribution in [2.24, 2.45) is 0 Å². The summed E-state index contributed by atoms with van der Waals surface area (Å²) in [5.74, 6) is 0.164. The molecule has 0 saturated carbocycles. The summed E-state index contributed by atoms with van der Waals surface area (Å²) in [4.78, 5) is 0.405. The van der Waals surface area contributed by atoms with Crippen LogP contribution in [0.1, 0.15) is 6.92 Å². The summed E-state index contributed by atoms with van der Waals surface area (Å²) in [5.41, 5.74) is 0. The molecule has 0 radical (unpaired) electrons. The first-order valence-electron chi connectivity index (χ1n) is 3.44. The molecule has 4 heteroatoms. The maximum absolute atomic E-state index is 11.2. The molecule has 0 aliphatic rings. The number of rotatable bonds is 2. The minimum absolute atomic E-state index is 0. The molecule has 0 spiro atoms. The molecule has 1 aromatic rings. The Bertz CT molecular complexity index is 315. The van der Waals surface area contributed by atoms with Gasteiger partial charge in [0.2, 0.25) is 0 Å². The third-order valence-corrected chi connectivity index (χ3v) is 3.23. The number of benzene rings is 1. The van der Waals surface area contributed by atoms with E-state index in [4.69, 9.17) is 0 Å². The van der Waals surface area contributed by atoms with Gasteiger partial charge in [0.25, 0.3) is 0 Å². The van der Waals surface area contributed by atoms with E-state index in [9.17, 15) is 8.42 Å². The highest BCUT2D eigenvalue weighted by Gasteiger charge is 2.08. The Balaban J connectivity index is 0.00000121. The molecule has 3 nitrogen and oxygen atoms in total. The van der Waals surface area contributed by atoms with Crippen molar-refractivity contribution in [2.75, 3.05) is 5.75 Å². The molecule has 0 amide bonds. The molecule has 1 aromatic carbocycles. The standard InChI is InChI=1S/C8H10O2S.H2O/c1-2-11(9,10)8-6-4-3-5-7-8;/h3-7H,2H2,1H3;1H2. The molecule has 0 heterocycles. The average Bonchev–Trinajstić information content (AvgIpc) is 2.06. The molecule has 68 valence electrons. The van der Waals surface area contributed by atoms with Gasteiger partial charge < -0.3 is 5.48 Å². The highest BCUT2D eigenvalue weighted by Crippen LogP contribution is 2.08. The van der Waals surface area contributed by atoms with Crippen molar-refractivity contribution in [3.63, 3.8) is 0 Å². The molecule has 2 N–H and O–H groups in total. The molecule has 0 aromatic heterocycles. The van der Waals surface area contributed by atoms with E-state index in [1.165, 1.54) is 0 Å². The van der Waals surface area contributed by atoms with E-state index in [2.05, 4.69) is 0 Å². The average molecular weight is 188 g/mol. The van der Waals surface area contributed by atoms with Gasteiger partial charge in [0.1, 0.15) is 0 Å². The third-order valence-electron chi connectivity index (χ3n) is 1.48. The second kappa shape index (κ2) is 4.23. The van der Waals surface area contributed by atoms with Crippen LogP contribution >= 0.6 is 0 Å². The van der Waals surface area contributed by atoms with Crippen LogP contribution in [0, 0.1) is 0 Å². The number of hydrogen-bond acceptors (Lipinski definition) is 2. The van der Waals surface area contributed by atoms with Crippen LogP contribution in [-0.2, 0) is 9.84 Å². The van der Waals surface area contributed by atoms with Gasteiger partial charge in [-0.2, -0.15) is 0 Å². The lowest BCUT2D eigenvalue weighted by atomic mass is 10.4. The summed E-state index contributed by atoms with van der Waals surface area (Å²) < 4.78 is 22.4. The topological polar surface area (TPSA) is 65.6 Å². The predicted octanol–water partition coefficient (Wildman–Crippen LogP) is 0.655. The van der Waals surface area contributed by atoms with E-state index in [0.717, 1.165) is 0 Å². The lowest BCUT2D eigenvalue weighted by Gasteiger charge is -1.98. The van der Waals surface area contributed by atoms with Gasteiger partial charge in [-0.05, 0) is 12.1 Å². The minimum Gasteiger partial charge on any atom is -0.412 e. The summed E-state index contributed by atoms with van der Waals surface area (Å²) in [6, 6.07) is 8.47. The molecule has 0 unspecified atom stereocenters. The Hall–Kier alpha value is -0.870. The van der Waals surface area contributed by atoms with E-state index in [-0.39, 0.29) is 11.2 Å². The summed E-state index contributed by atoms with van der Waals surface area (Å²) >= 11 is 0. The van der Waals surface area contributed by atoms with E-state index >= 15 is 0 Å². The van der Waals surface area contributed by atoms with Crippen LogP contribution in [0.15, 0.2) is 35.2 Å². The first kappa shape index (κ1) is 11.1. The van der Waals surface area contributed by atoms with Crippen molar-refractivity contribution in [1.29, 1.82) is 0 Å². The normalized spacial score (nSPS) is 10.4. The minimum atomic E-state index is -3.00. The molecule has 12 heavy (non-hydrogen) atoms. The van der Waals surface area contributed by atoms with Crippen molar-refractivity contribution in [3.05, 3.63) is 30.3 Å². The van der Waals surface area contributed by atoms with Gasteiger partial charge in [0.05, 0.1) is 10.6 Å². The number of hydrogen-bond donors (Lipinski definition) is 0. The molecule has 1 rings (SSSR count). The molecular weight excluding hydrogens is 176 g/mol. The first-order valence-corrected chi connectivity index (χ1v) is 5.10. The molecule has 0 aliphatic heterocycles. The van der Waals surface area contributed by atoms with E-state index in [1.54, 1.807) is 37.3 Å². The lowest BCUT2D eigenvalue weighted by molar-refractivity contribution is 0.597. The second-order valence-corrected chi connectivity index (χ2v) is 4.49.